The van der Waals surface area contributed by atoms with E-state index < -0.39 is 5.60 Å². The zero-order chi connectivity index (χ0) is 20.0. The molecule has 1 saturated heterocycles. The molecule has 5 heteroatoms. The average molecular weight is 419 g/mol. The van der Waals surface area contributed by atoms with Crippen molar-refractivity contribution in [3.05, 3.63) is 65.7 Å². The third-order valence-electron chi connectivity index (χ3n) is 5.63. The number of rotatable bonds is 8. The van der Waals surface area contributed by atoms with Gasteiger partial charge in [-0.05, 0) is 35.6 Å². The Morgan fingerprint density at radius 3 is 2.21 bits per heavy atom. The van der Waals surface area contributed by atoms with Crippen molar-refractivity contribution in [1.29, 1.82) is 0 Å². The van der Waals surface area contributed by atoms with Gasteiger partial charge in [0.15, 0.2) is 0 Å². The minimum Gasteiger partial charge on any atom is -1.00 e. The molecular weight excluding hydrogens is 386 g/mol. The van der Waals surface area contributed by atoms with E-state index in [-0.39, 0.29) is 18.3 Å². The van der Waals surface area contributed by atoms with Gasteiger partial charge >= 0.3 is 0 Å². The summed E-state index contributed by atoms with van der Waals surface area (Å²) in [4.78, 5) is 2.41. The van der Waals surface area contributed by atoms with Gasteiger partial charge in [-0.2, -0.15) is 0 Å². The van der Waals surface area contributed by atoms with E-state index >= 15 is 0 Å². The van der Waals surface area contributed by atoms with Gasteiger partial charge in [0.2, 0.25) is 0 Å². The van der Waals surface area contributed by atoms with Gasteiger partial charge in [-0.3, -0.25) is 4.90 Å². The van der Waals surface area contributed by atoms with E-state index in [4.69, 9.17) is 9.47 Å². The number of hydrogen-bond acceptors (Lipinski definition) is 4. The van der Waals surface area contributed by atoms with Crippen molar-refractivity contribution in [2.45, 2.75) is 31.8 Å². The fourth-order valence-electron chi connectivity index (χ4n) is 4.22. The predicted molar refractivity (Wildman–Crippen MR) is 113 cm³/mol. The number of ether oxygens (including phenoxy) is 2. The molecule has 2 atom stereocenters. The van der Waals surface area contributed by atoms with Crippen LogP contribution in [0.2, 0.25) is 0 Å². The summed E-state index contributed by atoms with van der Waals surface area (Å²) < 4.78 is 10.9. The third kappa shape index (κ3) is 5.95. The summed E-state index contributed by atoms with van der Waals surface area (Å²) in [5.41, 5.74) is 1.16. The Kier molecular flexibility index (Phi) is 8.97. The van der Waals surface area contributed by atoms with Gasteiger partial charge in [0.05, 0.1) is 25.9 Å². The van der Waals surface area contributed by atoms with E-state index in [1.165, 1.54) is 5.56 Å². The lowest BCUT2D eigenvalue weighted by atomic mass is 9.72. The highest BCUT2D eigenvalue weighted by molar-refractivity contribution is 5.35. The Balaban J connectivity index is 0.00000300. The molecular formula is C24H33ClNO3-. The van der Waals surface area contributed by atoms with Crippen molar-refractivity contribution in [2.75, 3.05) is 40.0 Å². The molecule has 0 bridgehead atoms. The number of halogens is 1. The first-order chi connectivity index (χ1) is 13.5. The van der Waals surface area contributed by atoms with E-state index in [1.807, 2.05) is 30.3 Å². The van der Waals surface area contributed by atoms with Crippen molar-refractivity contribution >= 4 is 0 Å². The van der Waals surface area contributed by atoms with Gasteiger partial charge in [-0.15, -0.1) is 0 Å². The van der Waals surface area contributed by atoms with Crippen LogP contribution in [0.3, 0.4) is 0 Å². The van der Waals surface area contributed by atoms with Crippen LogP contribution in [0.25, 0.3) is 0 Å². The van der Waals surface area contributed by atoms with Crippen LogP contribution in [0.1, 0.15) is 37.3 Å². The molecule has 1 heterocycles. The van der Waals surface area contributed by atoms with Crippen LogP contribution in [-0.4, -0.2) is 50.0 Å². The van der Waals surface area contributed by atoms with Gasteiger partial charge in [0.1, 0.15) is 5.75 Å². The van der Waals surface area contributed by atoms with E-state index in [1.54, 1.807) is 7.11 Å². The highest BCUT2D eigenvalue weighted by atomic mass is 35.5. The normalized spacial score (nSPS) is 18.0. The Morgan fingerprint density at radius 2 is 1.66 bits per heavy atom. The van der Waals surface area contributed by atoms with Crippen LogP contribution in [0.5, 0.6) is 5.75 Å². The molecule has 0 aromatic heterocycles. The Bertz CT molecular complexity index is 717. The van der Waals surface area contributed by atoms with E-state index in [0.717, 1.165) is 44.2 Å². The van der Waals surface area contributed by atoms with Gasteiger partial charge in [-0.1, -0.05) is 56.3 Å². The maximum absolute atomic E-state index is 12.2. The van der Waals surface area contributed by atoms with Crippen molar-refractivity contribution in [2.24, 2.45) is 5.92 Å². The minimum atomic E-state index is -0.958. The second-order valence-corrected chi connectivity index (χ2v) is 8.13. The number of benzene rings is 2. The predicted octanol–water partition coefficient (Wildman–Crippen LogP) is 1.05. The lowest BCUT2D eigenvalue weighted by Crippen LogP contribution is -3.00. The van der Waals surface area contributed by atoms with Crippen LogP contribution in [0.15, 0.2) is 54.6 Å². The van der Waals surface area contributed by atoms with E-state index in [0.29, 0.717) is 12.3 Å². The Hall–Kier alpha value is -1.59. The summed E-state index contributed by atoms with van der Waals surface area (Å²) in [6.07, 6.45) is 0.698. The van der Waals surface area contributed by atoms with E-state index in [9.17, 15) is 5.11 Å². The third-order valence-corrected chi connectivity index (χ3v) is 5.63. The van der Waals surface area contributed by atoms with Gasteiger partial charge in [0.25, 0.3) is 0 Å². The van der Waals surface area contributed by atoms with E-state index in [2.05, 4.69) is 43.0 Å². The smallest absolute Gasteiger partial charge is 0.118 e. The number of methoxy groups -OCH3 is 1. The SMILES string of the molecule is COc1ccc(C(O)(CC(C)C)C(CN2CCOCC2)c2ccccc2)cc1.[Cl-]. The fraction of sp³-hybridized carbons (Fsp3) is 0.500. The van der Waals surface area contributed by atoms with Crippen LogP contribution < -0.4 is 17.1 Å². The molecule has 1 N–H and O–H groups in total. The molecule has 0 radical (unpaired) electrons. The summed E-state index contributed by atoms with van der Waals surface area (Å²) in [5, 5.41) is 12.2. The van der Waals surface area contributed by atoms with Crippen LogP contribution in [0, 0.1) is 5.92 Å². The lowest BCUT2D eigenvalue weighted by Gasteiger charge is -2.42. The summed E-state index contributed by atoms with van der Waals surface area (Å²) in [5.74, 6) is 1.14. The molecule has 2 aromatic rings. The molecule has 4 nitrogen and oxygen atoms in total. The molecule has 1 aliphatic heterocycles. The molecule has 1 fully saturated rings. The first-order valence-electron chi connectivity index (χ1n) is 10.2. The molecule has 2 aromatic carbocycles. The molecule has 0 spiro atoms. The number of hydrogen-bond donors (Lipinski definition) is 1. The molecule has 29 heavy (non-hydrogen) atoms. The molecule has 2 unspecified atom stereocenters. The quantitative estimate of drug-likeness (QED) is 0.695. The van der Waals surface area contributed by atoms with Crippen molar-refractivity contribution in [3.8, 4) is 5.75 Å². The van der Waals surface area contributed by atoms with Crippen molar-refractivity contribution < 1.29 is 27.0 Å². The highest BCUT2D eigenvalue weighted by Gasteiger charge is 2.41. The first-order valence-corrected chi connectivity index (χ1v) is 10.2. The number of morpholine rings is 1. The molecule has 0 amide bonds. The highest BCUT2D eigenvalue weighted by Crippen LogP contribution is 2.43. The average Bonchev–Trinajstić information content (AvgIpc) is 2.73. The summed E-state index contributed by atoms with van der Waals surface area (Å²) in [6, 6.07) is 18.3. The van der Waals surface area contributed by atoms with Crippen molar-refractivity contribution in [3.63, 3.8) is 0 Å². The maximum Gasteiger partial charge on any atom is 0.118 e. The largest absolute Gasteiger partial charge is 1.00 e. The molecule has 3 rings (SSSR count). The van der Waals surface area contributed by atoms with Gasteiger partial charge < -0.3 is 27.0 Å². The maximum atomic E-state index is 12.2. The molecule has 160 valence electrons. The zero-order valence-electron chi connectivity index (χ0n) is 17.7. The van der Waals surface area contributed by atoms with Crippen LogP contribution in [-0.2, 0) is 10.3 Å². The van der Waals surface area contributed by atoms with Crippen LogP contribution in [0.4, 0.5) is 0 Å². The monoisotopic (exact) mass is 418 g/mol. The standard InChI is InChI=1S/C24H33NO3.ClH/c1-19(2)17-24(26,21-9-11-22(27-3)12-10-21)23(20-7-5-4-6-8-20)18-25-13-15-28-16-14-25;/h4-12,19,23,26H,13-18H2,1-3H3;1H/p-1. The molecule has 0 aliphatic carbocycles. The minimum absolute atomic E-state index is 0. The van der Waals surface area contributed by atoms with Crippen molar-refractivity contribution in [1.82, 2.24) is 4.90 Å². The zero-order valence-corrected chi connectivity index (χ0v) is 18.4. The Labute approximate surface area is 181 Å². The van der Waals surface area contributed by atoms with Crippen LogP contribution >= 0.6 is 0 Å². The number of aliphatic hydroxyl groups is 1. The fourth-order valence-corrected chi connectivity index (χ4v) is 4.22. The second-order valence-electron chi connectivity index (χ2n) is 8.13. The first kappa shape index (κ1) is 23.7. The second kappa shape index (κ2) is 11.0. The summed E-state index contributed by atoms with van der Waals surface area (Å²) in [6.45, 7) is 8.48. The summed E-state index contributed by atoms with van der Waals surface area (Å²) in [7, 11) is 1.67. The topological polar surface area (TPSA) is 41.9 Å². The number of nitrogens with zero attached hydrogens (tertiary/aromatic N) is 1. The summed E-state index contributed by atoms with van der Waals surface area (Å²) >= 11 is 0. The molecule has 1 aliphatic rings. The lowest BCUT2D eigenvalue weighted by molar-refractivity contribution is -0.0356. The molecule has 0 saturated carbocycles. The van der Waals surface area contributed by atoms with Gasteiger partial charge in [0, 0.05) is 25.6 Å². The van der Waals surface area contributed by atoms with Gasteiger partial charge in [-0.25, -0.2) is 0 Å². The Morgan fingerprint density at radius 1 is 1.03 bits per heavy atom.